The summed E-state index contributed by atoms with van der Waals surface area (Å²) in [5.74, 6) is 0.287. The molecule has 26 heavy (non-hydrogen) atoms. The van der Waals surface area contributed by atoms with E-state index < -0.39 is 8.07 Å². The molecule has 0 amide bonds. The lowest BCUT2D eigenvalue weighted by Crippen LogP contribution is -2.37. The van der Waals surface area contributed by atoms with Gasteiger partial charge in [0.25, 0.3) is 0 Å². The van der Waals surface area contributed by atoms with E-state index in [9.17, 15) is 5.11 Å². The summed E-state index contributed by atoms with van der Waals surface area (Å²) in [5.41, 5.74) is 5.76. The second-order valence-electron chi connectivity index (χ2n) is 7.88. The Bertz CT molecular complexity index is 956. The topological polar surface area (TPSA) is 32.6 Å². The zero-order chi connectivity index (χ0) is 18.3. The van der Waals surface area contributed by atoms with E-state index in [1.165, 1.54) is 27.4 Å². The summed E-state index contributed by atoms with van der Waals surface area (Å²) < 4.78 is 0. The van der Waals surface area contributed by atoms with Crippen molar-refractivity contribution in [2.45, 2.75) is 25.7 Å². The van der Waals surface area contributed by atoms with Gasteiger partial charge in [0.05, 0.1) is 8.07 Å². The molecular formula is C23H23NOSi. The van der Waals surface area contributed by atoms with E-state index in [2.05, 4.69) is 74.2 Å². The maximum atomic E-state index is 10.3. The van der Waals surface area contributed by atoms with Gasteiger partial charge in [0, 0.05) is 11.8 Å². The minimum atomic E-state index is -1.44. The third-order valence-corrected chi connectivity index (χ3v) is 7.10. The molecule has 0 atom stereocenters. The lowest BCUT2D eigenvalue weighted by Gasteiger charge is -2.17. The zero-order valence-electron chi connectivity index (χ0n) is 15.4. The smallest absolute Gasteiger partial charge is 0.124 e. The molecule has 3 heteroatoms. The first-order valence-corrected chi connectivity index (χ1v) is 12.5. The Hall–Kier alpha value is -2.65. The number of aliphatic imine (C=N–C) groups is 1. The Morgan fingerprint density at radius 2 is 1.42 bits per heavy atom. The summed E-state index contributed by atoms with van der Waals surface area (Å²) in [6.07, 6.45) is 1.84. The van der Waals surface area contributed by atoms with Gasteiger partial charge < -0.3 is 5.11 Å². The third-order valence-electron chi connectivity index (χ3n) is 5.06. The second kappa shape index (κ2) is 6.26. The molecule has 0 aliphatic heterocycles. The standard InChI is InChI=1S/C23H23NOSi/c1-26(2,3)17-12-13-22(25)16(14-17)15-24-23-20-10-6-4-8-18(20)19-9-5-7-11-21(19)23/h4-15,23,25H,1-3H3. The second-order valence-corrected chi connectivity index (χ2v) is 13.0. The van der Waals surface area contributed by atoms with Crippen LogP contribution in [0.15, 0.2) is 71.7 Å². The van der Waals surface area contributed by atoms with E-state index in [1.807, 2.05) is 12.3 Å². The van der Waals surface area contributed by atoms with Gasteiger partial charge in [0.2, 0.25) is 0 Å². The average Bonchev–Trinajstić information content (AvgIpc) is 2.94. The first-order chi connectivity index (χ1) is 12.4. The van der Waals surface area contributed by atoms with Crippen molar-refractivity contribution < 1.29 is 5.11 Å². The fraction of sp³-hybridized carbons (Fsp3) is 0.174. The van der Waals surface area contributed by atoms with Crippen LogP contribution in [0.25, 0.3) is 11.1 Å². The third kappa shape index (κ3) is 2.88. The predicted octanol–water partition coefficient (Wildman–Crippen LogP) is 5.13. The zero-order valence-corrected chi connectivity index (χ0v) is 16.4. The SMILES string of the molecule is C[Si](C)(C)c1ccc(O)c(C=NC2c3ccccc3-c3ccccc32)c1. The number of fused-ring (bicyclic) bond motifs is 3. The van der Waals surface area contributed by atoms with Crippen molar-refractivity contribution >= 4 is 19.5 Å². The minimum absolute atomic E-state index is 0.0164. The van der Waals surface area contributed by atoms with Gasteiger partial charge >= 0.3 is 0 Å². The predicted molar refractivity (Wildman–Crippen MR) is 112 cm³/mol. The summed E-state index contributed by atoms with van der Waals surface area (Å²) >= 11 is 0. The number of nitrogens with zero attached hydrogens (tertiary/aromatic N) is 1. The first-order valence-electron chi connectivity index (χ1n) is 9.00. The highest BCUT2D eigenvalue weighted by atomic mass is 28.3. The molecule has 4 rings (SSSR count). The number of phenols is 1. The van der Waals surface area contributed by atoms with Gasteiger partial charge in [0.15, 0.2) is 0 Å². The van der Waals surface area contributed by atoms with Gasteiger partial charge in [-0.2, -0.15) is 0 Å². The number of aromatic hydroxyl groups is 1. The summed E-state index contributed by atoms with van der Waals surface area (Å²) in [7, 11) is -1.44. The van der Waals surface area contributed by atoms with Gasteiger partial charge in [-0.25, -0.2) is 0 Å². The Labute approximate surface area is 155 Å². The van der Waals surface area contributed by atoms with Crippen LogP contribution >= 0.6 is 0 Å². The number of benzene rings is 3. The molecule has 0 spiro atoms. The van der Waals surface area contributed by atoms with Crippen LogP contribution in [0.3, 0.4) is 0 Å². The Morgan fingerprint density at radius 1 is 0.846 bits per heavy atom. The lowest BCUT2D eigenvalue weighted by atomic mass is 10.1. The van der Waals surface area contributed by atoms with E-state index in [-0.39, 0.29) is 11.8 Å². The molecule has 0 radical (unpaired) electrons. The van der Waals surface area contributed by atoms with Gasteiger partial charge in [-0.05, 0) is 28.3 Å². The molecule has 0 saturated heterocycles. The Kier molecular flexibility index (Phi) is 4.04. The van der Waals surface area contributed by atoms with Crippen LogP contribution in [-0.2, 0) is 0 Å². The molecule has 0 aromatic heterocycles. The quantitative estimate of drug-likeness (QED) is 0.512. The van der Waals surface area contributed by atoms with Crippen molar-refractivity contribution in [3.63, 3.8) is 0 Å². The summed E-state index contributed by atoms with van der Waals surface area (Å²) in [5, 5.41) is 11.6. The molecule has 0 fully saturated rings. The lowest BCUT2D eigenvalue weighted by molar-refractivity contribution is 0.474. The van der Waals surface area contributed by atoms with Crippen LogP contribution in [0.4, 0.5) is 0 Å². The van der Waals surface area contributed by atoms with Crippen LogP contribution in [-0.4, -0.2) is 19.4 Å². The van der Waals surface area contributed by atoms with Gasteiger partial charge in [-0.3, -0.25) is 4.99 Å². The minimum Gasteiger partial charge on any atom is -0.507 e. The summed E-state index contributed by atoms with van der Waals surface area (Å²) in [6.45, 7) is 6.93. The molecule has 2 nitrogen and oxygen atoms in total. The molecule has 1 aliphatic rings. The van der Waals surface area contributed by atoms with E-state index >= 15 is 0 Å². The summed E-state index contributed by atoms with van der Waals surface area (Å²) in [6, 6.07) is 22.8. The highest BCUT2D eigenvalue weighted by Gasteiger charge is 2.27. The van der Waals surface area contributed by atoms with E-state index in [0.29, 0.717) is 0 Å². The molecule has 3 aromatic rings. The van der Waals surface area contributed by atoms with Crippen molar-refractivity contribution in [2.75, 3.05) is 0 Å². The van der Waals surface area contributed by atoms with Gasteiger partial charge in [-0.15, -0.1) is 0 Å². The molecule has 0 saturated carbocycles. The first kappa shape index (κ1) is 16.8. The van der Waals surface area contributed by atoms with Crippen LogP contribution in [0.5, 0.6) is 5.75 Å². The van der Waals surface area contributed by atoms with E-state index in [0.717, 1.165) is 5.56 Å². The number of rotatable bonds is 3. The molecule has 3 aromatic carbocycles. The van der Waals surface area contributed by atoms with Crippen LogP contribution < -0.4 is 5.19 Å². The van der Waals surface area contributed by atoms with E-state index in [1.54, 1.807) is 6.07 Å². The number of hydrogen-bond donors (Lipinski definition) is 1. The fourth-order valence-corrected chi connectivity index (χ4v) is 4.74. The maximum absolute atomic E-state index is 10.3. The van der Waals surface area contributed by atoms with Gasteiger partial charge in [-0.1, -0.05) is 85.5 Å². The Balaban J connectivity index is 1.76. The summed E-state index contributed by atoms with van der Waals surface area (Å²) in [4.78, 5) is 4.89. The monoisotopic (exact) mass is 357 g/mol. The Morgan fingerprint density at radius 3 is 2.00 bits per heavy atom. The highest BCUT2D eigenvalue weighted by Crippen LogP contribution is 2.45. The van der Waals surface area contributed by atoms with E-state index in [4.69, 9.17) is 4.99 Å². The average molecular weight is 358 g/mol. The fourth-order valence-electron chi connectivity index (χ4n) is 3.57. The molecular weight excluding hydrogens is 334 g/mol. The molecule has 0 heterocycles. The molecule has 130 valence electrons. The molecule has 0 bridgehead atoms. The maximum Gasteiger partial charge on any atom is 0.124 e. The molecule has 0 unspecified atom stereocenters. The largest absolute Gasteiger partial charge is 0.507 e. The van der Waals surface area contributed by atoms with Crippen molar-refractivity contribution in [2.24, 2.45) is 4.99 Å². The van der Waals surface area contributed by atoms with Crippen LogP contribution in [0.2, 0.25) is 19.6 Å². The molecule has 1 N–H and O–H groups in total. The van der Waals surface area contributed by atoms with Gasteiger partial charge in [0.1, 0.15) is 11.8 Å². The van der Waals surface area contributed by atoms with Crippen molar-refractivity contribution in [1.82, 2.24) is 0 Å². The van der Waals surface area contributed by atoms with Crippen LogP contribution in [0.1, 0.15) is 22.7 Å². The highest BCUT2D eigenvalue weighted by molar-refractivity contribution is 6.88. The number of phenolic OH excluding ortho intramolecular Hbond substituents is 1. The normalized spacial score (nSPS) is 13.8. The van der Waals surface area contributed by atoms with Crippen molar-refractivity contribution in [1.29, 1.82) is 0 Å². The molecule has 1 aliphatic carbocycles. The van der Waals surface area contributed by atoms with Crippen molar-refractivity contribution in [3.05, 3.63) is 83.4 Å². The van der Waals surface area contributed by atoms with Crippen LogP contribution in [0, 0.1) is 0 Å². The number of hydrogen-bond acceptors (Lipinski definition) is 2. The van der Waals surface area contributed by atoms with Crippen molar-refractivity contribution in [3.8, 4) is 16.9 Å².